The van der Waals surface area contributed by atoms with Crippen LogP contribution in [0.25, 0.3) is 10.9 Å². The van der Waals surface area contributed by atoms with E-state index in [1.54, 1.807) is 24.3 Å². The van der Waals surface area contributed by atoms with Gasteiger partial charge in [0.15, 0.2) is 5.69 Å². The number of azo groups is 1. The predicted molar refractivity (Wildman–Crippen MR) is 135 cm³/mol. The van der Waals surface area contributed by atoms with E-state index in [-0.39, 0.29) is 33.4 Å². The second-order valence-electron chi connectivity index (χ2n) is 7.88. The maximum absolute atomic E-state index is 13.6. The Bertz CT molecular complexity index is 1630. The van der Waals surface area contributed by atoms with E-state index in [0.29, 0.717) is 16.7 Å². The van der Waals surface area contributed by atoms with Gasteiger partial charge in [0, 0.05) is 17.0 Å². The zero-order valence-electron chi connectivity index (χ0n) is 19.7. The zero-order chi connectivity index (χ0) is 26.7. The summed E-state index contributed by atoms with van der Waals surface area (Å²) in [6.07, 6.45) is 0. The Balaban J connectivity index is 1.71. The number of carbonyl (C=O) groups is 1. The highest BCUT2D eigenvalue weighted by atomic mass is 32.2. The Labute approximate surface area is 211 Å². The van der Waals surface area contributed by atoms with Crippen LogP contribution in [0.15, 0.2) is 81.9 Å². The number of aromatic amines is 1. The molecule has 0 saturated heterocycles. The number of aromatic nitrogens is 1. The first kappa shape index (κ1) is 25.3. The van der Waals surface area contributed by atoms with Crippen LogP contribution in [0, 0.1) is 17.0 Å². The summed E-state index contributed by atoms with van der Waals surface area (Å²) in [7, 11) is -3.00. The van der Waals surface area contributed by atoms with Crippen molar-refractivity contribution in [2.45, 2.75) is 11.8 Å². The number of ether oxygens (including phenoxy) is 1. The molecule has 0 aliphatic rings. The maximum Gasteiger partial charge on any atom is 0.285 e. The van der Waals surface area contributed by atoms with Crippen LogP contribution in [-0.4, -0.2) is 43.0 Å². The van der Waals surface area contributed by atoms with Crippen molar-refractivity contribution in [2.75, 3.05) is 18.0 Å². The second-order valence-corrected chi connectivity index (χ2v) is 9.74. The molecule has 0 spiro atoms. The minimum atomic E-state index is -4.45. The summed E-state index contributed by atoms with van der Waals surface area (Å²) in [6.45, 7) is 0.725. The Morgan fingerprint density at radius 1 is 1.14 bits per heavy atom. The molecule has 12 nitrogen and oxygen atoms in total. The number of anilines is 1. The van der Waals surface area contributed by atoms with Crippen LogP contribution >= 0.6 is 0 Å². The lowest BCUT2D eigenvalue weighted by molar-refractivity contribution is -0.385. The lowest BCUT2D eigenvalue weighted by Gasteiger charge is -2.23. The van der Waals surface area contributed by atoms with Gasteiger partial charge in [-0.05, 0) is 43.3 Å². The van der Waals surface area contributed by atoms with Gasteiger partial charge in [-0.1, -0.05) is 24.3 Å². The molecule has 0 unspecified atom stereocenters. The lowest BCUT2D eigenvalue weighted by atomic mass is 10.2. The van der Waals surface area contributed by atoms with Gasteiger partial charge in [-0.2, -0.15) is 0 Å². The molecule has 2 N–H and O–H groups in total. The number of nitrogens with one attached hydrogen (secondary N) is 1. The number of fused-ring (bicyclic) bond motifs is 1. The molecular formula is C24H21N5O7S. The maximum atomic E-state index is 13.6. The van der Waals surface area contributed by atoms with Crippen molar-refractivity contribution in [1.82, 2.24) is 4.98 Å². The van der Waals surface area contributed by atoms with Gasteiger partial charge < -0.3 is 14.8 Å². The van der Waals surface area contributed by atoms with Gasteiger partial charge in [-0.15, -0.1) is 10.2 Å². The molecule has 0 atom stereocenters. The molecule has 0 aliphatic carbocycles. The minimum absolute atomic E-state index is 0.0250. The van der Waals surface area contributed by atoms with E-state index in [2.05, 4.69) is 15.2 Å². The highest BCUT2D eigenvalue weighted by Crippen LogP contribution is 2.35. The van der Waals surface area contributed by atoms with E-state index in [4.69, 9.17) is 4.74 Å². The van der Waals surface area contributed by atoms with E-state index in [9.17, 15) is 28.4 Å². The van der Waals surface area contributed by atoms with Crippen LogP contribution in [-0.2, 0) is 14.8 Å². The molecule has 0 saturated carbocycles. The molecule has 0 fully saturated rings. The Morgan fingerprint density at radius 3 is 2.51 bits per heavy atom. The number of amides is 1. The number of sulfonamides is 1. The molecule has 0 radical (unpaired) electrons. The van der Waals surface area contributed by atoms with Crippen molar-refractivity contribution in [2.24, 2.45) is 10.2 Å². The molecule has 0 bridgehead atoms. The number of rotatable bonds is 8. The number of H-pyrrole nitrogens is 1. The summed E-state index contributed by atoms with van der Waals surface area (Å²) in [6, 6.07) is 16.2. The fourth-order valence-corrected chi connectivity index (χ4v) is 5.05. The van der Waals surface area contributed by atoms with Crippen molar-refractivity contribution >= 4 is 43.9 Å². The van der Waals surface area contributed by atoms with Crippen molar-refractivity contribution < 1.29 is 28.0 Å². The van der Waals surface area contributed by atoms with Crippen LogP contribution in [0.4, 0.5) is 17.1 Å². The Morgan fingerprint density at radius 2 is 1.84 bits per heavy atom. The summed E-state index contributed by atoms with van der Waals surface area (Å²) in [4.78, 5) is 25.8. The number of hydrogen-bond acceptors (Lipinski definition) is 8. The standard InChI is InChI=1S/C24H21N5O7S/c1-15-7-12-18(13-21(15)29(32)33)37(34,35)28(16-8-10-17(36-2)11-9-16)14-22(30)26-27-23-19-5-3-4-6-20(19)25-24(23)31/h3-13,25,31H,14H2,1-2H3. The molecule has 4 rings (SSSR count). The normalized spacial score (nSPS) is 11.6. The summed E-state index contributed by atoms with van der Waals surface area (Å²) in [5.41, 5.74) is 0.601. The number of nitro groups is 1. The molecule has 13 heteroatoms. The molecule has 1 aromatic heterocycles. The number of hydrogen-bond donors (Lipinski definition) is 2. The van der Waals surface area contributed by atoms with E-state index >= 15 is 0 Å². The first-order valence-electron chi connectivity index (χ1n) is 10.8. The number of carbonyl (C=O) groups excluding carboxylic acids is 1. The third-order valence-corrected chi connectivity index (χ3v) is 7.30. The van der Waals surface area contributed by atoms with E-state index in [1.807, 2.05) is 0 Å². The molecule has 37 heavy (non-hydrogen) atoms. The second kappa shape index (κ2) is 10.1. The number of benzene rings is 3. The molecular weight excluding hydrogens is 502 g/mol. The highest BCUT2D eigenvalue weighted by molar-refractivity contribution is 7.92. The van der Waals surface area contributed by atoms with Gasteiger partial charge in [0.25, 0.3) is 21.6 Å². The molecule has 3 aromatic carbocycles. The number of nitro benzene ring substituents is 1. The van der Waals surface area contributed by atoms with Gasteiger partial charge in [-0.25, -0.2) is 8.42 Å². The average molecular weight is 524 g/mol. The summed E-state index contributed by atoms with van der Waals surface area (Å²) >= 11 is 0. The van der Waals surface area contributed by atoms with Crippen LogP contribution < -0.4 is 9.04 Å². The Kier molecular flexibility index (Phi) is 6.89. The molecule has 1 heterocycles. The van der Waals surface area contributed by atoms with Crippen molar-refractivity contribution in [3.8, 4) is 11.6 Å². The van der Waals surface area contributed by atoms with Gasteiger partial charge in [0.05, 0.1) is 28.1 Å². The summed E-state index contributed by atoms with van der Waals surface area (Å²) in [5.74, 6) is -0.789. The van der Waals surface area contributed by atoms with E-state index < -0.39 is 27.4 Å². The largest absolute Gasteiger partial charge is 0.497 e. The number of aromatic hydroxyl groups is 1. The molecule has 4 aromatic rings. The van der Waals surface area contributed by atoms with Gasteiger partial charge in [0.2, 0.25) is 5.88 Å². The Hall–Kier alpha value is -4.78. The quantitative estimate of drug-likeness (QED) is 0.193. The van der Waals surface area contributed by atoms with Crippen LogP contribution in [0.2, 0.25) is 0 Å². The first-order chi connectivity index (χ1) is 17.6. The molecule has 0 aliphatic heterocycles. The van der Waals surface area contributed by atoms with Crippen LogP contribution in [0.3, 0.4) is 0 Å². The van der Waals surface area contributed by atoms with Crippen LogP contribution in [0.1, 0.15) is 5.56 Å². The number of aryl methyl sites for hydroxylation is 1. The zero-order valence-corrected chi connectivity index (χ0v) is 20.5. The van der Waals surface area contributed by atoms with Gasteiger partial charge in [0.1, 0.15) is 12.3 Å². The fourth-order valence-electron chi connectivity index (χ4n) is 3.61. The summed E-state index contributed by atoms with van der Waals surface area (Å²) in [5, 5.41) is 29.5. The van der Waals surface area contributed by atoms with Crippen molar-refractivity contribution in [3.05, 3.63) is 82.4 Å². The summed E-state index contributed by atoms with van der Waals surface area (Å²) < 4.78 is 33.0. The van der Waals surface area contributed by atoms with E-state index in [0.717, 1.165) is 10.4 Å². The van der Waals surface area contributed by atoms with Crippen molar-refractivity contribution in [1.29, 1.82) is 0 Å². The first-order valence-corrected chi connectivity index (χ1v) is 12.2. The molecule has 1 amide bonds. The third-order valence-electron chi connectivity index (χ3n) is 5.53. The van der Waals surface area contributed by atoms with Gasteiger partial charge in [-0.3, -0.25) is 19.2 Å². The van der Waals surface area contributed by atoms with Crippen LogP contribution in [0.5, 0.6) is 11.6 Å². The predicted octanol–water partition coefficient (Wildman–Crippen LogP) is 4.60. The van der Waals surface area contributed by atoms with E-state index in [1.165, 1.54) is 50.4 Å². The smallest absolute Gasteiger partial charge is 0.285 e. The average Bonchev–Trinajstić information content (AvgIpc) is 3.20. The number of nitrogens with zero attached hydrogens (tertiary/aromatic N) is 4. The fraction of sp³-hybridized carbons (Fsp3) is 0.125. The minimum Gasteiger partial charge on any atom is -0.497 e. The number of methoxy groups -OCH3 is 1. The highest BCUT2D eigenvalue weighted by Gasteiger charge is 2.29. The SMILES string of the molecule is COc1ccc(N(CC(=O)N=Nc2c(O)[nH]c3ccccc23)S(=O)(=O)c2ccc(C)c([N+](=O)[O-])c2)cc1. The monoisotopic (exact) mass is 523 g/mol. The molecule has 190 valence electrons. The third kappa shape index (κ3) is 5.11. The lowest BCUT2D eigenvalue weighted by Crippen LogP contribution is -2.35. The van der Waals surface area contributed by atoms with Crippen molar-refractivity contribution in [3.63, 3.8) is 0 Å². The topological polar surface area (TPSA) is 168 Å². The van der Waals surface area contributed by atoms with Gasteiger partial charge >= 0.3 is 0 Å². The number of para-hydroxylation sites is 1.